The first kappa shape index (κ1) is 35.5. The Hall–Kier alpha value is -3.62. The first-order valence-corrected chi connectivity index (χ1v) is 11.7. The Bertz CT molecular complexity index is 859. The maximum atomic E-state index is 11.6. The zero-order valence-corrected chi connectivity index (χ0v) is 22.5. The maximum absolute atomic E-state index is 11.6. The average molecular weight is 595 g/mol. The van der Waals surface area contributed by atoms with Gasteiger partial charge in [0.1, 0.15) is 5.92 Å². The molecular weight excluding hydrogens is 564 g/mol. The lowest BCUT2D eigenvalue weighted by Gasteiger charge is -2.26. The summed E-state index contributed by atoms with van der Waals surface area (Å²) >= 11 is 2.83. The van der Waals surface area contributed by atoms with E-state index in [0.29, 0.717) is 0 Å². The second-order valence-corrected chi connectivity index (χ2v) is 7.89. The predicted octanol–water partition coefficient (Wildman–Crippen LogP) is 2.54. The predicted molar refractivity (Wildman–Crippen MR) is 133 cm³/mol. The number of alkyl halides is 1. The van der Waals surface area contributed by atoms with E-state index in [2.05, 4.69) is 32.0 Å². The zero-order chi connectivity index (χ0) is 29.0. The summed E-state index contributed by atoms with van der Waals surface area (Å²) < 4.78 is 18.6. The molecule has 0 bridgehead atoms. The minimum absolute atomic E-state index is 0.154. The van der Waals surface area contributed by atoms with E-state index in [9.17, 15) is 39.4 Å². The molecule has 0 heterocycles. The highest BCUT2D eigenvalue weighted by molar-refractivity contribution is 9.10. The van der Waals surface area contributed by atoms with E-state index in [-0.39, 0.29) is 25.6 Å². The van der Waals surface area contributed by atoms with E-state index >= 15 is 0 Å². The van der Waals surface area contributed by atoms with Crippen LogP contribution in [0.4, 0.5) is 0 Å². The SMILES string of the molecule is C=C/C=C/OC(C)=O.CCOC(=O)C(Br)C[N+](=O)[O-].CCOC(=O)[C@@H]1CC=C[C@@H](OC(C)=O)[C@H]1[N+](=O)[O-]. The van der Waals surface area contributed by atoms with Gasteiger partial charge in [-0.25, -0.2) is 0 Å². The lowest BCUT2D eigenvalue weighted by molar-refractivity contribution is -0.539. The van der Waals surface area contributed by atoms with Gasteiger partial charge in [-0.05, 0) is 32.4 Å². The quantitative estimate of drug-likeness (QED) is 0.0525. The van der Waals surface area contributed by atoms with E-state index in [1.54, 1.807) is 26.0 Å². The lowest BCUT2D eigenvalue weighted by atomic mass is 9.87. The van der Waals surface area contributed by atoms with Crippen molar-refractivity contribution < 1.29 is 48.0 Å². The Morgan fingerprint density at radius 3 is 2.14 bits per heavy atom. The molecule has 0 saturated heterocycles. The molecule has 1 rings (SSSR count). The standard InChI is InChI=1S/C11H15NO6.C6H8O2.C5H8BrNO4/c1-3-17-11(14)8-5-4-6-9(18-7(2)13)10(8)12(15)16;1-3-4-5-8-6(2)7;1-2-11-5(8)4(6)3-7(9)10/h4,6,8-10H,3,5H2,1-2H3;3-5H,1H2,2H3;4H,2-3H2,1H3/b;5-4+;/t8-,9-,10+;;/m1../s1. The summed E-state index contributed by atoms with van der Waals surface area (Å²) in [7, 11) is 0. The summed E-state index contributed by atoms with van der Waals surface area (Å²) in [5.74, 6) is -3.09. The second kappa shape index (κ2) is 20.6. The van der Waals surface area contributed by atoms with Crippen LogP contribution in [-0.2, 0) is 38.1 Å². The number of nitrogens with zero attached hydrogens (tertiary/aromatic N) is 2. The number of rotatable bonds is 10. The average Bonchev–Trinajstić information content (AvgIpc) is 2.79. The van der Waals surface area contributed by atoms with Gasteiger partial charge in [0.25, 0.3) is 6.04 Å². The van der Waals surface area contributed by atoms with Gasteiger partial charge in [-0.3, -0.25) is 39.4 Å². The van der Waals surface area contributed by atoms with Gasteiger partial charge < -0.3 is 18.9 Å². The van der Waals surface area contributed by atoms with E-state index in [1.165, 1.54) is 32.3 Å². The van der Waals surface area contributed by atoms with Gasteiger partial charge in [0.05, 0.1) is 19.5 Å². The van der Waals surface area contributed by atoms with Crippen molar-refractivity contribution >= 4 is 39.8 Å². The van der Waals surface area contributed by atoms with Crippen LogP contribution < -0.4 is 0 Å². The molecule has 37 heavy (non-hydrogen) atoms. The van der Waals surface area contributed by atoms with Gasteiger partial charge in [0.15, 0.2) is 10.9 Å². The molecule has 1 aliphatic rings. The number of ether oxygens (including phenoxy) is 4. The van der Waals surface area contributed by atoms with Gasteiger partial charge in [-0.2, -0.15) is 0 Å². The van der Waals surface area contributed by atoms with Crippen LogP contribution in [0.15, 0.2) is 37.1 Å². The summed E-state index contributed by atoms with van der Waals surface area (Å²) in [6, 6.07) is -1.29. The molecule has 0 spiro atoms. The van der Waals surface area contributed by atoms with Gasteiger partial charge in [0, 0.05) is 23.7 Å². The molecule has 1 aliphatic carbocycles. The van der Waals surface area contributed by atoms with E-state index < -0.39 is 57.2 Å². The van der Waals surface area contributed by atoms with Crippen molar-refractivity contribution in [3.8, 4) is 0 Å². The Balaban J connectivity index is 0. The third-order valence-corrected chi connectivity index (χ3v) is 4.56. The van der Waals surface area contributed by atoms with Crippen LogP contribution >= 0.6 is 15.9 Å². The summed E-state index contributed by atoms with van der Waals surface area (Å²) in [5.41, 5.74) is 0. The number of esters is 4. The third-order valence-electron chi connectivity index (χ3n) is 3.90. The number of hydrogen-bond acceptors (Lipinski definition) is 12. The first-order valence-electron chi connectivity index (χ1n) is 10.8. The molecule has 4 atom stereocenters. The van der Waals surface area contributed by atoms with Crippen LogP contribution in [0.3, 0.4) is 0 Å². The molecule has 1 unspecified atom stereocenters. The topological polar surface area (TPSA) is 191 Å². The highest BCUT2D eigenvalue weighted by Crippen LogP contribution is 2.25. The van der Waals surface area contributed by atoms with E-state index in [0.717, 1.165) is 0 Å². The molecule has 0 N–H and O–H groups in total. The summed E-state index contributed by atoms with van der Waals surface area (Å²) in [4.78, 5) is 62.2. The Morgan fingerprint density at radius 1 is 1.11 bits per heavy atom. The van der Waals surface area contributed by atoms with Crippen LogP contribution in [0.25, 0.3) is 0 Å². The number of nitro groups is 2. The van der Waals surface area contributed by atoms with Crippen molar-refractivity contribution in [2.24, 2.45) is 5.92 Å². The fourth-order valence-electron chi connectivity index (χ4n) is 2.52. The van der Waals surface area contributed by atoms with Gasteiger partial charge in [-0.15, -0.1) is 0 Å². The van der Waals surface area contributed by atoms with Crippen molar-refractivity contribution in [1.82, 2.24) is 0 Å². The van der Waals surface area contributed by atoms with E-state index in [1.807, 2.05) is 0 Å². The monoisotopic (exact) mass is 594 g/mol. The third kappa shape index (κ3) is 17.5. The summed E-state index contributed by atoms with van der Waals surface area (Å²) in [5, 5.41) is 20.9. The summed E-state index contributed by atoms with van der Waals surface area (Å²) in [6.07, 6.45) is 6.57. The molecule has 0 aromatic carbocycles. The number of allylic oxidation sites excluding steroid dienone is 3. The van der Waals surface area contributed by atoms with Gasteiger partial charge >= 0.3 is 23.9 Å². The molecule has 0 aromatic rings. The number of hydrogen-bond donors (Lipinski definition) is 0. The summed E-state index contributed by atoms with van der Waals surface area (Å²) in [6.45, 7) is 9.10. The molecule has 14 nitrogen and oxygen atoms in total. The largest absolute Gasteiger partial charge is 0.466 e. The molecule has 0 amide bonds. The molecule has 0 fully saturated rings. The zero-order valence-electron chi connectivity index (χ0n) is 20.9. The Morgan fingerprint density at radius 2 is 1.70 bits per heavy atom. The smallest absolute Gasteiger partial charge is 0.326 e. The van der Waals surface area contributed by atoms with Crippen LogP contribution in [0, 0.1) is 26.1 Å². The Labute approximate surface area is 222 Å². The second-order valence-electron chi connectivity index (χ2n) is 6.78. The maximum Gasteiger partial charge on any atom is 0.326 e. The Kier molecular flexibility index (Phi) is 19.7. The van der Waals surface area contributed by atoms with Crippen molar-refractivity contribution in [2.45, 2.75) is 51.1 Å². The number of carbonyl (C=O) groups is 4. The molecule has 0 aromatic heterocycles. The van der Waals surface area contributed by atoms with Crippen molar-refractivity contribution in [2.75, 3.05) is 19.8 Å². The van der Waals surface area contributed by atoms with Crippen molar-refractivity contribution in [3.05, 3.63) is 57.4 Å². The molecule has 0 aliphatic heterocycles. The van der Waals surface area contributed by atoms with Crippen molar-refractivity contribution in [3.63, 3.8) is 0 Å². The fourth-order valence-corrected chi connectivity index (χ4v) is 2.89. The van der Waals surface area contributed by atoms with Crippen LogP contribution in [0.2, 0.25) is 0 Å². The highest BCUT2D eigenvalue weighted by Gasteiger charge is 2.46. The molecule has 208 valence electrons. The molecular formula is C22H31BrN2O12. The van der Waals surface area contributed by atoms with Crippen LogP contribution in [0.5, 0.6) is 0 Å². The molecule has 15 heteroatoms. The van der Waals surface area contributed by atoms with E-state index in [4.69, 9.17) is 9.47 Å². The molecule has 0 radical (unpaired) electrons. The van der Waals surface area contributed by atoms with Gasteiger partial charge in [-0.1, -0.05) is 34.7 Å². The number of halogens is 1. The van der Waals surface area contributed by atoms with Crippen molar-refractivity contribution in [1.29, 1.82) is 0 Å². The first-order chi connectivity index (χ1) is 17.3. The minimum Gasteiger partial charge on any atom is -0.466 e. The van der Waals surface area contributed by atoms with Crippen LogP contribution in [-0.4, -0.2) is 70.5 Å². The highest BCUT2D eigenvalue weighted by atomic mass is 79.9. The lowest BCUT2D eigenvalue weighted by Crippen LogP contribution is -2.46. The number of carbonyl (C=O) groups excluding carboxylic acids is 4. The minimum atomic E-state index is -1.29. The van der Waals surface area contributed by atoms with Gasteiger partial charge in [0.2, 0.25) is 6.54 Å². The fraction of sp³-hybridized carbons (Fsp3) is 0.545. The molecule has 0 saturated carbocycles. The van der Waals surface area contributed by atoms with Crippen LogP contribution in [0.1, 0.15) is 34.1 Å². The normalized spacial score (nSPS) is 18.5.